The van der Waals surface area contributed by atoms with Crippen LogP contribution in [-0.4, -0.2) is 35.7 Å². The number of carbonyl (C=O) groups excluding carboxylic acids is 1. The fraction of sp³-hybridized carbons (Fsp3) is 0.471. The van der Waals surface area contributed by atoms with Crippen LogP contribution in [0, 0.1) is 0 Å². The first-order valence-electron chi connectivity index (χ1n) is 7.26. The van der Waals surface area contributed by atoms with Crippen molar-refractivity contribution in [2.45, 2.75) is 33.2 Å². The molecular weight excluding hydrogens is 264 g/mol. The molecular formula is C17H26N2O2. The van der Waals surface area contributed by atoms with Crippen molar-refractivity contribution in [1.82, 2.24) is 10.2 Å². The molecule has 0 radical (unpaired) electrons. The molecule has 0 aliphatic rings. The lowest BCUT2D eigenvalue weighted by Gasteiger charge is -2.31. The van der Waals surface area contributed by atoms with E-state index in [1.54, 1.807) is 4.90 Å². The Hall–Kier alpha value is -1.81. The largest absolute Gasteiger partial charge is 0.395 e. The lowest BCUT2D eigenvalue weighted by Crippen LogP contribution is -2.49. The molecule has 4 nitrogen and oxygen atoms in total. The standard InChI is InChI=1S/C17H26N2O2/c1-6-19(10-11-20)16(21)18-17(4,5)15-9-7-8-14(12-15)13(2)3/h7-9,12,20H,2,6,10-11H2,1,3-5H3,(H,18,21). The van der Waals surface area contributed by atoms with Crippen LogP contribution in [0.1, 0.15) is 38.8 Å². The molecule has 0 heterocycles. The SMILES string of the molecule is C=C(C)c1cccc(C(C)(C)NC(=O)N(CC)CCO)c1. The molecule has 0 atom stereocenters. The molecule has 0 fully saturated rings. The second kappa shape index (κ2) is 7.27. The van der Waals surface area contributed by atoms with Crippen LogP contribution in [0.15, 0.2) is 30.8 Å². The van der Waals surface area contributed by atoms with E-state index in [4.69, 9.17) is 5.11 Å². The maximum atomic E-state index is 12.3. The zero-order valence-electron chi connectivity index (χ0n) is 13.4. The normalized spacial score (nSPS) is 11.1. The topological polar surface area (TPSA) is 52.6 Å². The monoisotopic (exact) mass is 290 g/mol. The fourth-order valence-electron chi connectivity index (χ4n) is 2.12. The van der Waals surface area contributed by atoms with Gasteiger partial charge in [-0.15, -0.1) is 0 Å². The van der Waals surface area contributed by atoms with Crippen molar-refractivity contribution in [2.24, 2.45) is 0 Å². The molecule has 0 bridgehead atoms. The Morgan fingerprint density at radius 2 is 2.10 bits per heavy atom. The third-order valence-electron chi connectivity index (χ3n) is 3.54. The third-order valence-corrected chi connectivity index (χ3v) is 3.54. The summed E-state index contributed by atoms with van der Waals surface area (Å²) in [5.74, 6) is 0. The predicted octanol–water partition coefficient (Wildman–Crippen LogP) is 2.98. The highest BCUT2D eigenvalue weighted by molar-refractivity contribution is 5.75. The van der Waals surface area contributed by atoms with Gasteiger partial charge in [0.25, 0.3) is 0 Å². The Labute approximate surface area is 127 Å². The van der Waals surface area contributed by atoms with Gasteiger partial charge in [0.15, 0.2) is 0 Å². The minimum Gasteiger partial charge on any atom is -0.395 e. The van der Waals surface area contributed by atoms with Gasteiger partial charge in [-0.1, -0.05) is 30.4 Å². The minimum absolute atomic E-state index is 0.0349. The van der Waals surface area contributed by atoms with E-state index in [9.17, 15) is 4.79 Å². The molecule has 0 aliphatic carbocycles. The smallest absolute Gasteiger partial charge is 0.318 e. The number of nitrogens with one attached hydrogen (secondary N) is 1. The Morgan fingerprint density at radius 3 is 2.62 bits per heavy atom. The minimum atomic E-state index is -0.495. The number of hydrogen-bond acceptors (Lipinski definition) is 2. The fourth-order valence-corrected chi connectivity index (χ4v) is 2.12. The van der Waals surface area contributed by atoms with E-state index >= 15 is 0 Å². The van der Waals surface area contributed by atoms with Crippen LogP contribution in [0.25, 0.3) is 5.57 Å². The van der Waals surface area contributed by atoms with Crippen molar-refractivity contribution in [3.8, 4) is 0 Å². The number of carbonyl (C=O) groups is 1. The van der Waals surface area contributed by atoms with E-state index < -0.39 is 5.54 Å². The van der Waals surface area contributed by atoms with Gasteiger partial charge in [-0.3, -0.25) is 0 Å². The molecule has 0 unspecified atom stereocenters. The van der Waals surface area contributed by atoms with Crippen LogP contribution in [0.3, 0.4) is 0 Å². The molecule has 1 aromatic rings. The number of likely N-dealkylation sites (N-methyl/N-ethyl adjacent to an activating group) is 1. The first-order chi connectivity index (χ1) is 9.81. The van der Waals surface area contributed by atoms with Gasteiger partial charge < -0.3 is 15.3 Å². The molecule has 4 heteroatoms. The van der Waals surface area contributed by atoms with Crippen molar-refractivity contribution in [3.05, 3.63) is 42.0 Å². The number of hydrogen-bond donors (Lipinski definition) is 2. The highest BCUT2D eigenvalue weighted by atomic mass is 16.3. The van der Waals surface area contributed by atoms with Gasteiger partial charge in [-0.25, -0.2) is 4.79 Å². The van der Waals surface area contributed by atoms with Crippen LogP contribution >= 0.6 is 0 Å². The molecule has 1 aromatic carbocycles. The van der Waals surface area contributed by atoms with E-state index in [-0.39, 0.29) is 12.6 Å². The zero-order valence-corrected chi connectivity index (χ0v) is 13.4. The van der Waals surface area contributed by atoms with E-state index in [0.717, 1.165) is 16.7 Å². The number of aliphatic hydroxyl groups is 1. The summed E-state index contributed by atoms with van der Waals surface area (Å²) < 4.78 is 0. The Kier molecular flexibility index (Phi) is 5.97. The second-order valence-corrected chi connectivity index (χ2v) is 5.72. The maximum absolute atomic E-state index is 12.3. The summed E-state index contributed by atoms with van der Waals surface area (Å²) in [4.78, 5) is 13.8. The van der Waals surface area contributed by atoms with E-state index in [2.05, 4.69) is 11.9 Å². The number of nitrogens with zero attached hydrogens (tertiary/aromatic N) is 1. The summed E-state index contributed by atoms with van der Waals surface area (Å²) >= 11 is 0. The van der Waals surface area contributed by atoms with Gasteiger partial charge >= 0.3 is 6.03 Å². The Balaban J connectivity index is 2.92. The molecule has 0 saturated heterocycles. The Bertz CT molecular complexity index is 509. The molecule has 0 saturated carbocycles. The summed E-state index contributed by atoms with van der Waals surface area (Å²) in [5, 5.41) is 12.0. The number of benzene rings is 1. The summed E-state index contributed by atoms with van der Waals surface area (Å²) in [7, 11) is 0. The zero-order chi connectivity index (χ0) is 16.0. The molecule has 116 valence electrons. The molecule has 2 N–H and O–H groups in total. The molecule has 0 spiro atoms. The molecule has 0 aliphatic heterocycles. The highest BCUT2D eigenvalue weighted by Crippen LogP contribution is 2.23. The van der Waals surface area contributed by atoms with Crippen LogP contribution < -0.4 is 5.32 Å². The number of rotatable bonds is 6. The van der Waals surface area contributed by atoms with Crippen LogP contribution in [-0.2, 0) is 5.54 Å². The number of aliphatic hydroxyl groups excluding tert-OH is 1. The van der Waals surface area contributed by atoms with Gasteiger partial charge in [0.1, 0.15) is 0 Å². The van der Waals surface area contributed by atoms with Crippen LogP contribution in [0.5, 0.6) is 0 Å². The molecule has 1 rings (SSSR count). The number of allylic oxidation sites excluding steroid dienone is 1. The van der Waals surface area contributed by atoms with Crippen molar-refractivity contribution in [3.63, 3.8) is 0 Å². The maximum Gasteiger partial charge on any atom is 0.318 e. The average molecular weight is 290 g/mol. The van der Waals surface area contributed by atoms with Crippen molar-refractivity contribution >= 4 is 11.6 Å². The molecule has 0 aromatic heterocycles. The van der Waals surface area contributed by atoms with Gasteiger partial charge in [-0.2, -0.15) is 0 Å². The van der Waals surface area contributed by atoms with Gasteiger partial charge in [0.2, 0.25) is 0 Å². The van der Waals surface area contributed by atoms with Crippen molar-refractivity contribution < 1.29 is 9.90 Å². The van der Waals surface area contributed by atoms with Crippen molar-refractivity contribution in [1.29, 1.82) is 0 Å². The van der Waals surface area contributed by atoms with Crippen molar-refractivity contribution in [2.75, 3.05) is 19.7 Å². The van der Waals surface area contributed by atoms with Gasteiger partial charge in [0, 0.05) is 13.1 Å². The quantitative estimate of drug-likeness (QED) is 0.846. The Morgan fingerprint density at radius 1 is 1.43 bits per heavy atom. The first kappa shape index (κ1) is 17.2. The van der Waals surface area contributed by atoms with Gasteiger partial charge in [-0.05, 0) is 44.9 Å². The lowest BCUT2D eigenvalue weighted by atomic mass is 9.92. The summed E-state index contributed by atoms with van der Waals surface area (Å²) in [6.45, 7) is 12.6. The predicted molar refractivity (Wildman–Crippen MR) is 87.0 cm³/mol. The average Bonchev–Trinajstić information content (AvgIpc) is 2.44. The molecule has 21 heavy (non-hydrogen) atoms. The number of amides is 2. The lowest BCUT2D eigenvalue weighted by molar-refractivity contribution is 0.171. The first-order valence-corrected chi connectivity index (χ1v) is 7.26. The van der Waals surface area contributed by atoms with E-state index in [1.807, 2.05) is 52.0 Å². The van der Waals surface area contributed by atoms with Crippen LogP contribution in [0.4, 0.5) is 4.79 Å². The third kappa shape index (κ3) is 4.60. The van der Waals surface area contributed by atoms with E-state index in [1.165, 1.54) is 0 Å². The van der Waals surface area contributed by atoms with Gasteiger partial charge in [0.05, 0.1) is 12.1 Å². The molecule has 2 amide bonds. The van der Waals surface area contributed by atoms with Crippen LogP contribution in [0.2, 0.25) is 0 Å². The summed E-state index contributed by atoms with van der Waals surface area (Å²) in [5.41, 5.74) is 2.59. The highest BCUT2D eigenvalue weighted by Gasteiger charge is 2.25. The summed E-state index contributed by atoms with van der Waals surface area (Å²) in [6.07, 6.45) is 0. The summed E-state index contributed by atoms with van der Waals surface area (Å²) in [6, 6.07) is 7.85. The number of urea groups is 1. The van der Waals surface area contributed by atoms with E-state index in [0.29, 0.717) is 13.1 Å². The second-order valence-electron chi connectivity index (χ2n) is 5.72.